The smallest absolute Gasteiger partial charge is 0.347 e. The third kappa shape index (κ3) is 5.38. The normalized spacial score (nSPS) is 20.4. The second-order valence-corrected chi connectivity index (χ2v) is 10.8. The van der Waals surface area contributed by atoms with E-state index in [0.29, 0.717) is 30.1 Å². The Morgan fingerprint density at radius 2 is 1.85 bits per heavy atom. The number of esters is 1. The van der Waals surface area contributed by atoms with Gasteiger partial charge in [0.2, 0.25) is 5.60 Å². The average molecular weight is 513 g/mol. The van der Waals surface area contributed by atoms with Crippen molar-refractivity contribution in [1.82, 2.24) is 0 Å². The zero-order valence-electron chi connectivity index (χ0n) is 20.2. The van der Waals surface area contributed by atoms with Gasteiger partial charge in [-0.25, -0.2) is 4.79 Å². The van der Waals surface area contributed by atoms with E-state index in [1.165, 1.54) is 13.8 Å². The molecule has 0 saturated heterocycles. The van der Waals surface area contributed by atoms with Crippen molar-refractivity contribution in [3.8, 4) is 5.75 Å². The van der Waals surface area contributed by atoms with E-state index in [-0.39, 0.29) is 28.9 Å². The number of carbonyl (C=O) groups is 3. The number of carboxylic acids is 1. The number of ether oxygens (including phenoxy) is 2. The van der Waals surface area contributed by atoms with E-state index >= 15 is 0 Å². The molecule has 1 aromatic rings. The minimum absolute atomic E-state index is 0.00724. The van der Waals surface area contributed by atoms with Gasteiger partial charge in [0.15, 0.2) is 5.78 Å². The maximum atomic E-state index is 13.7. The molecule has 1 saturated carbocycles. The van der Waals surface area contributed by atoms with E-state index in [4.69, 9.17) is 37.8 Å². The highest BCUT2D eigenvalue weighted by atomic mass is 35.5. The van der Waals surface area contributed by atoms with E-state index in [1.807, 2.05) is 6.07 Å². The minimum Gasteiger partial charge on any atom is -0.492 e. The number of hydrogen-bond donors (Lipinski definition) is 1. The molecule has 0 radical (unpaired) electrons. The van der Waals surface area contributed by atoms with Crippen LogP contribution in [0.25, 0.3) is 0 Å². The molecule has 0 heterocycles. The van der Waals surface area contributed by atoms with Crippen molar-refractivity contribution in [1.29, 1.82) is 0 Å². The summed E-state index contributed by atoms with van der Waals surface area (Å²) in [5.41, 5.74) is -0.548. The van der Waals surface area contributed by atoms with Crippen molar-refractivity contribution < 1.29 is 29.0 Å². The number of unbranched alkanes of at least 4 members (excludes halogenated alkanes) is 1. The number of carboxylic acid groups (broad SMARTS) is 1. The van der Waals surface area contributed by atoms with E-state index in [2.05, 4.69) is 6.92 Å². The van der Waals surface area contributed by atoms with Gasteiger partial charge in [0.25, 0.3) is 0 Å². The molecule has 1 unspecified atom stereocenters. The summed E-state index contributed by atoms with van der Waals surface area (Å²) in [6, 6.07) is 1.83. The maximum Gasteiger partial charge on any atom is 0.347 e. The van der Waals surface area contributed by atoms with Gasteiger partial charge in [-0.2, -0.15) is 0 Å². The van der Waals surface area contributed by atoms with Crippen molar-refractivity contribution in [2.24, 2.45) is 11.3 Å². The number of rotatable bonds is 11. The van der Waals surface area contributed by atoms with Crippen LogP contribution in [0.5, 0.6) is 5.75 Å². The Labute approximate surface area is 211 Å². The highest BCUT2D eigenvalue weighted by Gasteiger charge is 2.51. The van der Waals surface area contributed by atoms with Crippen LogP contribution in [-0.4, -0.2) is 35.0 Å². The number of aliphatic carboxylic acids is 1. The molecule has 0 aliphatic heterocycles. The molecule has 8 heteroatoms. The van der Waals surface area contributed by atoms with Crippen molar-refractivity contribution in [2.45, 2.75) is 90.6 Å². The molecule has 2 aliphatic rings. The Hall–Kier alpha value is -1.79. The van der Waals surface area contributed by atoms with Crippen LogP contribution in [-0.2, 0) is 20.7 Å². The van der Waals surface area contributed by atoms with Gasteiger partial charge in [0, 0.05) is 17.4 Å². The van der Waals surface area contributed by atoms with Crippen LogP contribution in [0.2, 0.25) is 10.0 Å². The zero-order valence-corrected chi connectivity index (χ0v) is 21.7. The topological polar surface area (TPSA) is 89.9 Å². The average Bonchev–Trinajstić information content (AvgIpc) is 3.40. The molecule has 6 nitrogen and oxygen atoms in total. The number of ketones is 1. The Morgan fingerprint density at radius 3 is 2.47 bits per heavy atom. The van der Waals surface area contributed by atoms with Crippen LogP contribution in [0.4, 0.5) is 0 Å². The lowest BCUT2D eigenvalue weighted by molar-refractivity contribution is -0.174. The van der Waals surface area contributed by atoms with Gasteiger partial charge < -0.3 is 14.6 Å². The molecule has 2 aliphatic carbocycles. The third-order valence-electron chi connectivity index (χ3n) is 7.22. The fourth-order valence-electron chi connectivity index (χ4n) is 5.30. The first-order valence-corrected chi connectivity index (χ1v) is 12.9. The number of hydrogen-bond acceptors (Lipinski definition) is 5. The Bertz CT molecular complexity index is 951. The monoisotopic (exact) mass is 512 g/mol. The molecule has 188 valence electrons. The summed E-state index contributed by atoms with van der Waals surface area (Å²) in [6.07, 6.45) is 8.37. The van der Waals surface area contributed by atoms with Crippen LogP contribution in [0, 0.1) is 11.3 Å². The summed E-state index contributed by atoms with van der Waals surface area (Å²) in [5.74, 6) is -0.921. The number of fused-ring (bicyclic) bond motifs is 1. The van der Waals surface area contributed by atoms with Crippen molar-refractivity contribution in [3.63, 3.8) is 0 Å². The standard InChI is InChI=1S/C26H34Cl2O6/c1-4-5-12-26(17-9-6-7-10-17)15-16-14-18(21(27)22(28)20(16)23(26)30)33-13-8-11-19(29)34-25(2,3)24(31)32/h14,17H,4-13,15H2,1-3H3,(H,31,32). The molecule has 0 spiro atoms. The summed E-state index contributed by atoms with van der Waals surface area (Å²) in [4.78, 5) is 36.8. The van der Waals surface area contributed by atoms with E-state index in [1.54, 1.807) is 0 Å². The molecule has 1 N–H and O–H groups in total. The van der Waals surface area contributed by atoms with E-state index < -0.39 is 23.0 Å². The molecule has 0 bridgehead atoms. The first kappa shape index (κ1) is 26.8. The van der Waals surface area contributed by atoms with Gasteiger partial charge >= 0.3 is 11.9 Å². The van der Waals surface area contributed by atoms with Crippen LogP contribution >= 0.6 is 23.2 Å². The van der Waals surface area contributed by atoms with Gasteiger partial charge in [-0.05, 0) is 63.5 Å². The SMILES string of the molecule is CCCCC1(C2CCCC2)Cc2cc(OCCCC(=O)OC(C)(C)C(=O)O)c(Cl)c(Cl)c2C1=O. The molecule has 3 rings (SSSR count). The van der Waals surface area contributed by atoms with Crippen LogP contribution in [0.3, 0.4) is 0 Å². The predicted octanol–water partition coefficient (Wildman–Crippen LogP) is 6.66. The first-order valence-electron chi connectivity index (χ1n) is 12.2. The zero-order chi connectivity index (χ0) is 25.1. The summed E-state index contributed by atoms with van der Waals surface area (Å²) >= 11 is 13.1. The van der Waals surface area contributed by atoms with Crippen molar-refractivity contribution >= 4 is 40.9 Å². The summed E-state index contributed by atoms with van der Waals surface area (Å²) in [7, 11) is 0. The van der Waals surface area contributed by atoms with Gasteiger partial charge in [0.1, 0.15) is 10.8 Å². The molecule has 1 atom stereocenters. The third-order valence-corrected chi connectivity index (χ3v) is 8.07. The second-order valence-electron chi connectivity index (χ2n) is 10.0. The van der Waals surface area contributed by atoms with Crippen molar-refractivity contribution in [3.05, 3.63) is 27.2 Å². The number of halogens is 2. The van der Waals surface area contributed by atoms with Gasteiger partial charge in [-0.1, -0.05) is 55.8 Å². The summed E-state index contributed by atoms with van der Waals surface area (Å²) in [5, 5.41) is 9.52. The lowest BCUT2D eigenvalue weighted by Gasteiger charge is -2.34. The quantitative estimate of drug-likeness (QED) is 0.263. The van der Waals surface area contributed by atoms with Crippen LogP contribution < -0.4 is 4.74 Å². The minimum atomic E-state index is -1.58. The lowest BCUT2D eigenvalue weighted by Crippen LogP contribution is -2.37. The number of carbonyl (C=O) groups excluding carboxylic acids is 2. The maximum absolute atomic E-state index is 13.7. The highest BCUT2D eigenvalue weighted by molar-refractivity contribution is 6.45. The van der Waals surface area contributed by atoms with Crippen LogP contribution in [0.15, 0.2) is 6.07 Å². The molecular formula is C26H34Cl2O6. The van der Waals surface area contributed by atoms with Gasteiger partial charge in [0.05, 0.1) is 11.6 Å². The van der Waals surface area contributed by atoms with E-state index in [9.17, 15) is 14.4 Å². The summed E-state index contributed by atoms with van der Waals surface area (Å²) < 4.78 is 10.8. The molecule has 34 heavy (non-hydrogen) atoms. The number of Topliss-reactive ketones (excluding diaryl/α,β-unsaturated/α-hetero) is 1. The molecular weight excluding hydrogens is 479 g/mol. The van der Waals surface area contributed by atoms with E-state index in [0.717, 1.165) is 50.5 Å². The second kappa shape index (κ2) is 10.9. The lowest BCUT2D eigenvalue weighted by atomic mass is 9.68. The highest BCUT2D eigenvalue weighted by Crippen LogP contribution is 2.54. The summed E-state index contributed by atoms with van der Waals surface area (Å²) in [6.45, 7) is 4.96. The molecule has 1 fully saturated rings. The first-order chi connectivity index (χ1) is 16.0. The van der Waals surface area contributed by atoms with Gasteiger partial charge in [-0.15, -0.1) is 0 Å². The number of benzene rings is 1. The predicted molar refractivity (Wildman–Crippen MR) is 131 cm³/mol. The molecule has 0 aromatic heterocycles. The fourth-order valence-corrected chi connectivity index (χ4v) is 5.80. The molecule has 1 aromatic carbocycles. The van der Waals surface area contributed by atoms with Gasteiger partial charge in [-0.3, -0.25) is 9.59 Å². The Kier molecular flexibility index (Phi) is 8.56. The van der Waals surface area contributed by atoms with Crippen molar-refractivity contribution in [2.75, 3.05) is 6.61 Å². The Balaban J connectivity index is 1.70. The fraction of sp³-hybridized carbons (Fsp3) is 0.654. The Morgan fingerprint density at radius 1 is 1.18 bits per heavy atom. The van der Waals surface area contributed by atoms with Crippen LogP contribution in [0.1, 0.15) is 94.5 Å². The molecule has 0 amide bonds. The largest absolute Gasteiger partial charge is 0.492 e.